The minimum atomic E-state index is -0.409. The van der Waals surface area contributed by atoms with Gasteiger partial charge in [-0.3, -0.25) is 10.1 Å². The summed E-state index contributed by atoms with van der Waals surface area (Å²) in [6.45, 7) is 4.03. The van der Waals surface area contributed by atoms with E-state index in [2.05, 4.69) is 16.4 Å². The summed E-state index contributed by atoms with van der Waals surface area (Å²) < 4.78 is 6.24. The highest BCUT2D eigenvalue weighted by Crippen LogP contribution is 2.35. The molecule has 1 N–H and O–H groups in total. The van der Waals surface area contributed by atoms with E-state index in [1.165, 1.54) is 18.4 Å². The van der Waals surface area contributed by atoms with Crippen molar-refractivity contribution in [3.8, 4) is 5.75 Å². The Balaban J connectivity index is 1.99. The van der Waals surface area contributed by atoms with E-state index in [0.29, 0.717) is 10.2 Å². The summed E-state index contributed by atoms with van der Waals surface area (Å²) in [6, 6.07) is 7.25. The highest BCUT2D eigenvalue weighted by Gasteiger charge is 2.21. The predicted octanol–water partition coefficient (Wildman–Crippen LogP) is 5.48. The monoisotopic (exact) mass is 380 g/mol. The molecule has 1 aromatic heterocycles. The molecule has 0 atom stereocenters. The Labute approximate surface area is 153 Å². The lowest BCUT2D eigenvalue weighted by Gasteiger charge is -2.11. The number of fused-ring (bicyclic) bond motifs is 1. The molecule has 0 saturated carbocycles. The maximum absolute atomic E-state index is 12.6. The molecule has 7 heteroatoms. The molecule has 0 aliphatic rings. The van der Waals surface area contributed by atoms with Crippen LogP contribution in [0, 0.1) is 13.8 Å². The van der Waals surface area contributed by atoms with Gasteiger partial charge < -0.3 is 4.74 Å². The molecule has 1 heterocycles. The third-order valence-corrected chi connectivity index (χ3v) is 5.07. The second-order valence-corrected chi connectivity index (χ2v) is 7.18. The van der Waals surface area contributed by atoms with Crippen molar-refractivity contribution in [2.45, 2.75) is 13.8 Å². The number of anilines is 1. The highest BCUT2D eigenvalue weighted by molar-refractivity contribution is 7.22. The zero-order valence-electron chi connectivity index (χ0n) is 13.2. The summed E-state index contributed by atoms with van der Waals surface area (Å²) in [6.07, 6.45) is 0. The van der Waals surface area contributed by atoms with Gasteiger partial charge in [0.15, 0.2) is 10.9 Å². The minimum Gasteiger partial charge on any atom is -0.494 e. The van der Waals surface area contributed by atoms with Crippen molar-refractivity contribution < 1.29 is 9.53 Å². The largest absolute Gasteiger partial charge is 0.494 e. The molecule has 0 aliphatic heterocycles. The number of hydrogen-bond donors (Lipinski definition) is 1. The number of nitrogens with one attached hydrogen (secondary N) is 1. The third kappa shape index (κ3) is 3.07. The molecule has 3 aromatic rings. The zero-order chi connectivity index (χ0) is 17.4. The first kappa shape index (κ1) is 17.0. The number of aryl methyl sites for hydroxylation is 2. The number of carbonyl (C=O) groups excluding carboxylic acids is 1. The lowest BCUT2D eigenvalue weighted by Crippen LogP contribution is -2.14. The van der Waals surface area contributed by atoms with Gasteiger partial charge in [-0.15, -0.1) is 0 Å². The average Bonchev–Trinajstić information content (AvgIpc) is 2.91. The van der Waals surface area contributed by atoms with Gasteiger partial charge in [0.25, 0.3) is 5.91 Å². The van der Waals surface area contributed by atoms with Crippen LogP contribution < -0.4 is 10.1 Å². The van der Waals surface area contributed by atoms with E-state index in [1.807, 2.05) is 19.9 Å². The minimum absolute atomic E-state index is 0.193. The van der Waals surface area contributed by atoms with Gasteiger partial charge in [-0.2, -0.15) is 0 Å². The van der Waals surface area contributed by atoms with E-state index < -0.39 is 5.91 Å². The van der Waals surface area contributed by atoms with E-state index in [-0.39, 0.29) is 16.3 Å². The standard InChI is InChI=1S/C17H14Cl2N2O2S/c1-8-6-9(2)14-12(7-8)24-17(20-14)21-16(22)13-10(18)4-5-11(19)15(13)23-3/h4-7H,1-3H3,(H,20,21,22). The fraction of sp³-hybridized carbons (Fsp3) is 0.176. The van der Waals surface area contributed by atoms with Crippen LogP contribution >= 0.6 is 34.5 Å². The number of rotatable bonds is 3. The summed E-state index contributed by atoms with van der Waals surface area (Å²) >= 11 is 13.6. The van der Waals surface area contributed by atoms with Crippen molar-refractivity contribution in [3.05, 3.63) is 51.0 Å². The van der Waals surface area contributed by atoms with Gasteiger partial charge in [0.1, 0.15) is 5.56 Å². The molecule has 24 heavy (non-hydrogen) atoms. The highest BCUT2D eigenvalue weighted by atomic mass is 35.5. The van der Waals surface area contributed by atoms with Crippen LogP contribution in [-0.2, 0) is 0 Å². The van der Waals surface area contributed by atoms with Crippen molar-refractivity contribution >= 4 is 55.8 Å². The summed E-state index contributed by atoms with van der Waals surface area (Å²) in [5.41, 5.74) is 3.30. The molecular weight excluding hydrogens is 367 g/mol. The molecule has 124 valence electrons. The predicted molar refractivity (Wildman–Crippen MR) is 100 cm³/mol. The van der Waals surface area contributed by atoms with Gasteiger partial charge >= 0.3 is 0 Å². The number of thiazole rings is 1. The quantitative estimate of drug-likeness (QED) is 0.654. The van der Waals surface area contributed by atoms with Crippen molar-refractivity contribution in [1.82, 2.24) is 4.98 Å². The van der Waals surface area contributed by atoms with Crippen LogP contribution in [0.15, 0.2) is 24.3 Å². The van der Waals surface area contributed by atoms with Crippen LogP contribution in [0.1, 0.15) is 21.5 Å². The summed E-state index contributed by atoms with van der Waals surface area (Å²) in [4.78, 5) is 17.1. The Morgan fingerprint density at radius 3 is 2.62 bits per heavy atom. The zero-order valence-corrected chi connectivity index (χ0v) is 15.6. The van der Waals surface area contributed by atoms with E-state index >= 15 is 0 Å². The van der Waals surface area contributed by atoms with E-state index in [1.54, 1.807) is 12.1 Å². The van der Waals surface area contributed by atoms with Gasteiger partial charge in [0.05, 0.1) is 27.4 Å². The Hall–Kier alpha value is -1.82. The molecule has 0 bridgehead atoms. The van der Waals surface area contributed by atoms with Gasteiger partial charge in [-0.25, -0.2) is 4.98 Å². The topological polar surface area (TPSA) is 51.2 Å². The van der Waals surface area contributed by atoms with Crippen LogP contribution in [0.2, 0.25) is 10.0 Å². The molecule has 2 aromatic carbocycles. The van der Waals surface area contributed by atoms with Gasteiger partial charge in [0, 0.05) is 0 Å². The summed E-state index contributed by atoms with van der Waals surface area (Å²) in [7, 11) is 1.44. The smallest absolute Gasteiger partial charge is 0.262 e. The third-order valence-electron chi connectivity index (χ3n) is 3.54. The number of hydrogen-bond acceptors (Lipinski definition) is 4. The number of methoxy groups -OCH3 is 1. The fourth-order valence-electron chi connectivity index (χ4n) is 2.53. The van der Waals surface area contributed by atoms with Gasteiger partial charge in [0.2, 0.25) is 0 Å². The Bertz CT molecular complexity index is 953. The lowest BCUT2D eigenvalue weighted by molar-refractivity contribution is 0.102. The number of amides is 1. The molecule has 0 fully saturated rings. The molecule has 0 saturated heterocycles. The van der Waals surface area contributed by atoms with Crippen LogP contribution in [0.3, 0.4) is 0 Å². The van der Waals surface area contributed by atoms with Crippen molar-refractivity contribution in [2.75, 3.05) is 12.4 Å². The SMILES string of the molecule is COc1c(Cl)ccc(Cl)c1C(=O)Nc1nc2c(C)cc(C)cc2s1. The van der Waals surface area contributed by atoms with Crippen LogP contribution in [0.4, 0.5) is 5.13 Å². The molecule has 0 radical (unpaired) electrons. The van der Waals surface area contributed by atoms with Crippen LogP contribution in [0.25, 0.3) is 10.2 Å². The number of nitrogens with zero attached hydrogens (tertiary/aromatic N) is 1. The Kier molecular flexibility index (Phi) is 4.67. The Morgan fingerprint density at radius 2 is 1.92 bits per heavy atom. The molecule has 0 unspecified atom stereocenters. The first-order chi connectivity index (χ1) is 11.4. The molecule has 0 aliphatic carbocycles. The average molecular weight is 381 g/mol. The van der Waals surface area contributed by atoms with Crippen LogP contribution in [-0.4, -0.2) is 18.0 Å². The molecule has 3 rings (SSSR count). The number of aromatic nitrogens is 1. The maximum Gasteiger partial charge on any atom is 0.262 e. The number of halogens is 2. The van der Waals surface area contributed by atoms with Gasteiger partial charge in [-0.1, -0.05) is 40.6 Å². The van der Waals surface area contributed by atoms with Gasteiger partial charge in [-0.05, 0) is 43.2 Å². The molecule has 0 spiro atoms. The fourth-order valence-corrected chi connectivity index (χ4v) is 4.03. The molecule has 4 nitrogen and oxygen atoms in total. The lowest BCUT2D eigenvalue weighted by atomic mass is 10.1. The van der Waals surface area contributed by atoms with Crippen molar-refractivity contribution in [1.29, 1.82) is 0 Å². The molecular formula is C17H14Cl2N2O2S. The Morgan fingerprint density at radius 1 is 1.21 bits per heavy atom. The van der Waals surface area contributed by atoms with E-state index in [4.69, 9.17) is 27.9 Å². The molecule has 1 amide bonds. The summed E-state index contributed by atoms with van der Waals surface area (Å²) in [5, 5.41) is 3.87. The first-order valence-corrected chi connectivity index (χ1v) is 8.69. The van der Waals surface area contributed by atoms with Crippen molar-refractivity contribution in [3.63, 3.8) is 0 Å². The second kappa shape index (κ2) is 6.59. The second-order valence-electron chi connectivity index (χ2n) is 5.34. The normalized spacial score (nSPS) is 10.9. The number of ether oxygens (including phenoxy) is 1. The summed E-state index contributed by atoms with van der Waals surface area (Å²) in [5.74, 6) is -0.164. The van der Waals surface area contributed by atoms with E-state index in [0.717, 1.165) is 21.3 Å². The first-order valence-electron chi connectivity index (χ1n) is 7.12. The maximum atomic E-state index is 12.6. The van der Waals surface area contributed by atoms with Crippen LogP contribution in [0.5, 0.6) is 5.75 Å². The number of carbonyl (C=O) groups is 1. The van der Waals surface area contributed by atoms with E-state index in [9.17, 15) is 4.79 Å². The number of benzene rings is 2. The van der Waals surface area contributed by atoms with Crippen molar-refractivity contribution in [2.24, 2.45) is 0 Å².